The number of hydrogen-bond acceptors (Lipinski definition) is 7. The van der Waals surface area contributed by atoms with Crippen LogP contribution >= 0.6 is 0 Å². The second-order valence-corrected chi connectivity index (χ2v) is 21.9. The zero-order valence-electron chi connectivity index (χ0n) is 32.6. The summed E-state index contributed by atoms with van der Waals surface area (Å²) >= 11 is 0. The predicted octanol–water partition coefficient (Wildman–Crippen LogP) is 7.96. The van der Waals surface area contributed by atoms with Gasteiger partial charge in [-0.3, -0.25) is 19.3 Å². The quantitative estimate of drug-likeness (QED) is 0.0999. The van der Waals surface area contributed by atoms with Crippen LogP contribution in [0.15, 0.2) is 24.5 Å². The van der Waals surface area contributed by atoms with Gasteiger partial charge >= 0.3 is 0 Å². The molecule has 3 N–H and O–H groups in total. The Balaban J connectivity index is 1.45. The minimum Gasteiger partial charge on any atom is -0.385 e. The fourth-order valence-electron chi connectivity index (χ4n) is 8.71. The molecule has 0 radical (unpaired) electrons. The lowest BCUT2D eigenvalue weighted by Gasteiger charge is -2.42. The Bertz CT molecular complexity index is 1580. The fourth-order valence-corrected chi connectivity index (χ4v) is 9.47. The van der Waals surface area contributed by atoms with E-state index in [-0.39, 0.29) is 11.8 Å². The molecular weight excluding hydrogens is 671 g/mol. The number of carbonyl (C=O) groups excluding carboxylic acids is 2. The molecule has 3 aromatic heterocycles. The lowest BCUT2D eigenvalue weighted by molar-refractivity contribution is -0.120. The smallest absolute Gasteiger partial charge is 0.267 e. The monoisotopic (exact) mass is 733 g/mol. The Hall–Kier alpha value is -3.35. The maximum Gasteiger partial charge on any atom is 0.267 e. The average molecular weight is 734 g/mol. The van der Waals surface area contributed by atoms with Crippen molar-refractivity contribution in [3.05, 3.63) is 47.2 Å². The molecule has 2 aliphatic rings. The molecule has 2 aliphatic carbocycles. The first-order chi connectivity index (χ1) is 25.0. The van der Waals surface area contributed by atoms with Crippen molar-refractivity contribution in [2.24, 2.45) is 23.5 Å². The van der Waals surface area contributed by atoms with E-state index in [0.717, 1.165) is 67.4 Å². The van der Waals surface area contributed by atoms with Gasteiger partial charge in [0.1, 0.15) is 12.4 Å². The van der Waals surface area contributed by atoms with Gasteiger partial charge in [-0.2, -0.15) is 10.2 Å². The summed E-state index contributed by atoms with van der Waals surface area (Å²) < 4.78 is 15.0. The molecule has 52 heavy (non-hydrogen) atoms. The Kier molecular flexibility index (Phi) is 14.3. The molecule has 0 unspecified atom stereocenters. The van der Waals surface area contributed by atoms with E-state index in [9.17, 15) is 9.59 Å². The number of anilines is 1. The van der Waals surface area contributed by atoms with Crippen LogP contribution in [0, 0.1) is 24.7 Å². The van der Waals surface area contributed by atoms with Gasteiger partial charge in [0.05, 0.1) is 41.1 Å². The Morgan fingerprint density at radius 3 is 2.21 bits per heavy atom. The zero-order chi connectivity index (χ0) is 37.3. The van der Waals surface area contributed by atoms with E-state index in [1.54, 1.807) is 24.2 Å². The number of primary amides is 1. The van der Waals surface area contributed by atoms with E-state index in [1.807, 2.05) is 23.7 Å². The summed E-state index contributed by atoms with van der Waals surface area (Å²) in [5.74, 6) is -0.338. The highest BCUT2D eigenvalue weighted by molar-refractivity contribution is 6.76. The molecule has 3 aromatic rings. The first-order valence-corrected chi connectivity index (χ1v) is 23.5. The van der Waals surface area contributed by atoms with Gasteiger partial charge in [0.2, 0.25) is 5.91 Å². The molecule has 12 heteroatoms. The molecule has 0 aliphatic heterocycles. The second kappa shape index (κ2) is 18.6. The Morgan fingerprint density at radius 1 is 0.981 bits per heavy atom. The van der Waals surface area contributed by atoms with Crippen LogP contribution in [0.1, 0.15) is 111 Å². The summed E-state index contributed by atoms with van der Waals surface area (Å²) in [5, 5.41) is 12.7. The molecule has 11 nitrogen and oxygen atoms in total. The maximum atomic E-state index is 14.8. The number of amides is 2. The topological polar surface area (TPSA) is 139 Å². The number of nitrogens with zero attached hydrogens (tertiary/aromatic N) is 5. The molecule has 0 spiro atoms. The number of carbonyl (C=O) groups is 2. The molecule has 3 heterocycles. The summed E-state index contributed by atoms with van der Waals surface area (Å²) in [4.78, 5) is 32.8. The molecule has 0 aromatic carbocycles. The minimum atomic E-state index is -1.18. The van der Waals surface area contributed by atoms with Crippen molar-refractivity contribution < 1.29 is 19.1 Å². The van der Waals surface area contributed by atoms with Gasteiger partial charge in [-0.05, 0) is 55.7 Å². The molecule has 5 rings (SSSR count). The number of aryl methyl sites for hydroxylation is 2. The van der Waals surface area contributed by atoms with E-state index in [1.165, 1.54) is 38.5 Å². The van der Waals surface area contributed by atoms with Crippen LogP contribution in [-0.2, 0) is 34.0 Å². The van der Waals surface area contributed by atoms with Crippen molar-refractivity contribution in [1.29, 1.82) is 0 Å². The molecule has 2 amide bonds. The fraction of sp³-hybridized carbons (Fsp3) is 0.675. The highest BCUT2D eigenvalue weighted by Gasteiger charge is 2.43. The van der Waals surface area contributed by atoms with Crippen molar-refractivity contribution in [2.45, 2.75) is 136 Å². The lowest BCUT2D eigenvalue weighted by atomic mass is 9.63. The summed E-state index contributed by atoms with van der Waals surface area (Å²) in [6.07, 6.45) is 16.5. The first kappa shape index (κ1) is 39.8. The van der Waals surface area contributed by atoms with Gasteiger partial charge < -0.3 is 20.5 Å². The Morgan fingerprint density at radius 2 is 1.65 bits per heavy atom. The number of aromatic nitrogens is 5. The van der Waals surface area contributed by atoms with E-state index >= 15 is 0 Å². The van der Waals surface area contributed by atoms with Gasteiger partial charge in [-0.15, -0.1) is 0 Å². The minimum absolute atomic E-state index is 0.0936. The van der Waals surface area contributed by atoms with Crippen LogP contribution in [0.4, 0.5) is 5.69 Å². The molecule has 1 atom stereocenters. The highest BCUT2D eigenvalue weighted by Crippen LogP contribution is 2.48. The number of rotatable bonds is 18. The van der Waals surface area contributed by atoms with Crippen molar-refractivity contribution in [2.75, 3.05) is 25.6 Å². The van der Waals surface area contributed by atoms with Crippen molar-refractivity contribution >= 4 is 25.6 Å². The molecule has 0 saturated heterocycles. The summed E-state index contributed by atoms with van der Waals surface area (Å²) in [7, 11) is 0.479. The molecule has 2 saturated carbocycles. The van der Waals surface area contributed by atoms with Crippen LogP contribution in [0.5, 0.6) is 0 Å². The predicted molar refractivity (Wildman–Crippen MR) is 209 cm³/mol. The SMILES string of the molecule is CCc1c(-c2ccc(NC(=O)[C@H](c3cnn(CCCOC)c3C(N)=O)C(C3CCCCC3)C3CCCCC3)cn2)c(C)nn1COCC[Si](C)(C)C. The number of ether oxygens (including phenoxy) is 2. The largest absolute Gasteiger partial charge is 0.385 e. The van der Waals surface area contributed by atoms with Crippen LogP contribution in [-0.4, -0.2) is 64.8 Å². The Labute approximate surface area is 311 Å². The van der Waals surface area contributed by atoms with Crippen LogP contribution in [0.2, 0.25) is 25.7 Å². The van der Waals surface area contributed by atoms with Gasteiger partial charge in [0.25, 0.3) is 5.91 Å². The van der Waals surface area contributed by atoms with Crippen LogP contribution in [0.3, 0.4) is 0 Å². The van der Waals surface area contributed by atoms with Crippen LogP contribution < -0.4 is 11.1 Å². The molecular formula is C40H63N7O4Si. The van der Waals surface area contributed by atoms with Crippen LogP contribution in [0.25, 0.3) is 11.3 Å². The van der Waals surface area contributed by atoms with Gasteiger partial charge in [-0.1, -0.05) is 90.8 Å². The number of nitrogens with one attached hydrogen (secondary N) is 1. The van der Waals surface area contributed by atoms with E-state index in [4.69, 9.17) is 25.3 Å². The zero-order valence-corrected chi connectivity index (χ0v) is 33.6. The standard InChI is InChI=1S/C40H63N7O4Si/c1-7-34-35(28(2)45-47(34)27-51-23-24-52(4,5)6)33-20-19-31(25-42-33)44-40(49)37(32-26-43-46(21-14-22-50-3)38(32)39(41)48)36(29-15-10-8-11-16-29)30-17-12-9-13-18-30/h19-20,25-26,29-30,36-37H,7-18,21-24,27H2,1-6H3,(H2,41,48)(H,44,49)/t37-/m1/s1. The van der Waals surface area contributed by atoms with E-state index in [0.29, 0.717) is 55.1 Å². The van der Waals surface area contributed by atoms with Crippen molar-refractivity contribution in [3.63, 3.8) is 0 Å². The van der Waals surface area contributed by atoms with E-state index < -0.39 is 19.9 Å². The summed E-state index contributed by atoms with van der Waals surface area (Å²) in [6.45, 7) is 13.4. The number of methoxy groups -OCH3 is 1. The highest BCUT2D eigenvalue weighted by atomic mass is 28.3. The number of hydrogen-bond donors (Lipinski definition) is 2. The van der Waals surface area contributed by atoms with Gasteiger partial charge in [0.15, 0.2) is 0 Å². The third-order valence-electron chi connectivity index (χ3n) is 11.3. The summed E-state index contributed by atoms with van der Waals surface area (Å²) in [5.41, 5.74) is 11.5. The third kappa shape index (κ3) is 9.99. The van der Waals surface area contributed by atoms with Crippen molar-refractivity contribution in [3.8, 4) is 11.3 Å². The van der Waals surface area contributed by atoms with Crippen molar-refractivity contribution in [1.82, 2.24) is 24.5 Å². The molecule has 286 valence electrons. The normalized spacial score (nSPS) is 16.8. The number of nitrogens with two attached hydrogens (primary N) is 1. The molecule has 2 fully saturated rings. The number of pyridine rings is 1. The summed E-state index contributed by atoms with van der Waals surface area (Å²) in [6, 6.07) is 5.00. The average Bonchev–Trinajstić information content (AvgIpc) is 3.69. The molecule has 0 bridgehead atoms. The lowest BCUT2D eigenvalue weighted by Crippen LogP contribution is -2.39. The van der Waals surface area contributed by atoms with Gasteiger partial charge in [0, 0.05) is 46.1 Å². The maximum absolute atomic E-state index is 14.8. The first-order valence-electron chi connectivity index (χ1n) is 19.8. The van der Waals surface area contributed by atoms with E-state index in [2.05, 4.69) is 37.0 Å². The second-order valence-electron chi connectivity index (χ2n) is 16.3. The third-order valence-corrected chi connectivity index (χ3v) is 13.0. The van der Waals surface area contributed by atoms with Gasteiger partial charge in [-0.25, -0.2) is 4.68 Å².